The molecule has 44 heavy (non-hydrogen) atoms. The number of nitrogen functional groups attached to an aromatic ring is 2. The average Bonchev–Trinajstić information content (AvgIpc) is 3.73. The molecule has 7 heterocycles. The zero-order valence-electron chi connectivity index (χ0n) is 22.0. The summed E-state index contributed by atoms with van der Waals surface area (Å²) < 4.78 is 50.7. The van der Waals surface area contributed by atoms with E-state index in [1.54, 1.807) is 0 Å². The van der Waals surface area contributed by atoms with Gasteiger partial charge in [-0.05, 0) is 11.8 Å². The van der Waals surface area contributed by atoms with Gasteiger partial charge in [0.05, 0.1) is 25.9 Å². The Morgan fingerprint density at radius 3 is 2.02 bits per heavy atom. The number of rotatable bonds is 2. The Balaban J connectivity index is 1.20. The van der Waals surface area contributed by atoms with Crippen molar-refractivity contribution in [1.29, 1.82) is 0 Å². The zero-order valence-corrected chi connectivity index (χ0v) is 25.5. The summed E-state index contributed by atoms with van der Waals surface area (Å²) in [5.74, 6) is 0.202. The van der Waals surface area contributed by atoms with Crippen molar-refractivity contribution in [2.75, 3.05) is 24.7 Å². The molecule has 3 aliphatic heterocycles. The van der Waals surface area contributed by atoms with Gasteiger partial charge in [0.15, 0.2) is 35.4 Å². The number of ether oxygens (including phenoxy) is 2. The van der Waals surface area contributed by atoms with Crippen molar-refractivity contribution in [3.8, 4) is 0 Å². The predicted octanol–water partition coefficient (Wildman–Crippen LogP) is -0.581. The number of aromatic nitrogens is 8. The lowest BCUT2D eigenvalue weighted by Crippen LogP contribution is -2.36. The zero-order chi connectivity index (χ0) is 31.0. The van der Waals surface area contributed by atoms with Gasteiger partial charge in [0.1, 0.15) is 60.3 Å². The van der Waals surface area contributed by atoms with Crippen LogP contribution in [0.3, 0.4) is 0 Å². The Bertz CT molecular complexity index is 1830. The molecule has 4 aromatic rings. The molecule has 236 valence electrons. The molecule has 7 rings (SSSR count). The number of nitrogens with zero attached hydrogens (tertiary/aromatic N) is 8. The number of fused-ring (bicyclic) bond motifs is 5. The van der Waals surface area contributed by atoms with E-state index in [-0.39, 0.29) is 34.0 Å². The monoisotopic (exact) mass is 690 g/mol. The van der Waals surface area contributed by atoms with E-state index in [1.165, 1.54) is 34.4 Å². The third-order valence-corrected chi connectivity index (χ3v) is 10.4. The standard InChI is InChI=1S/C20H24N10O10P2S2/c21-15-9-17(25-3-23-15)29(5-27-9)19-12(32)13-8(38-19)2-36-42(34,44)40-14-11(31)7(1-35-41(33,43)39-13)37-20(14)30-6-28-10-16(22)24-4-26-18(10)30/h3-8,11-14,19-20,31-32H,1-2H2,(H,33,43)(H,34,44)(H2,21,23,25)(H2,22,24,26)/t7-,8-,11-,12-,13-,14-,19-,20+,41?,42?/m1/s1. The lowest BCUT2D eigenvalue weighted by Gasteiger charge is -2.27. The number of hydrogen-bond acceptors (Lipinski definition) is 18. The van der Waals surface area contributed by atoms with Gasteiger partial charge in [0.2, 0.25) is 0 Å². The molecule has 0 amide bonds. The van der Waals surface area contributed by atoms with E-state index in [0.717, 1.165) is 0 Å². The molecule has 0 radical (unpaired) electrons. The average molecular weight is 691 g/mol. The van der Waals surface area contributed by atoms with E-state index in [1.807, 2.05) is 0 Å². The van der Waals surface area contributed by atoms with Crippen LogP contribution in [-0.4, -0.2) is 104 Å². The highest BCUT2D eigenvalue weighted by Crippen LogP contribution is 2.58. The maximum atomic E-state index is 13.4. The van der Waals surface area contributed by atoms with Crippen molar-refractivity contribution in [3.63, 3.8) is 0 Å². The van der Waals surface area contributed by atoms with Gasteiger partial charge in [-0.3, -0.25) is 22.7 Å². The number of anilines is 2. The third-order valence-electron chi connectivity index (χ3n) is 7.26. The summed E-state index contributed by atoms with van der Waals surface area (Å²) >= 11 is 9.35. The van der Waals surface area contributed by atoms with E-state index < -0.39 is 75.8 Å². The first-order chi connectivity index (χ1) is 20.9. The molecular weight excluding hydrogens is 666 g/mol. The summed E-state index contributed by atoms with van der Waals surface area (Å²) in [5, 5.41) is 22.4. The van der Waals surface area contributed by atoms with E-state index in [0.29, 0.717) is 0 Å². The number of aliphatic hydroxyl groups excluding tert-OH is 2. The number of imidazole rings is 2. The maximum absolute atomic E-state index is 13.4. The molecule has 0 aromatic carbocycles. The lowest BCUT2D eigenvalue weighted by atomic mass is 10.1. The minimum absolute atomic E-state index is 0.0989. The Labute approximate surface area is 256 Å². The summed E-state index contributed by atoms with van der Waals surface area (Å²) in [5.41, 5.74) is 12.8. The van der Waals surface area contributed by atoms with E-state index >= 15 is 0 Å². The molecule has 24 heteroatoms. The van der Waals surface area contributed by atoms with Crippen LogP contribution in [0, 0.1) is 0 Å². The predicted molar refractivity (Wildman–Crippen MR) is 154 cm³/mol. The van der Waals surface area contributed by atoms with Gasteiger partial charge in [0.25, 0.3) is 0 Å². The summed E-state index contributed by atoms with van der Waals surface area (Å²) in [6, 6.07) is 0. The van der Waals surface area contributed by atoms with Gasteiger partial charge in [-0.2, -0.15) is 0 Å². The quantitative estimate of drug-likeness (QED) is 0.113. The van der Waals surface area contributed by atoms with Crippen molar-refractivity contribution in [3.05, 3.63) is 25.3 Å². The van der Waals surface area contributed by atoms with Crippen LogP contribution in [0.2, 0.25) is 0 Å². The Kier molecular flexibility index (Phi) is 7.64. The van der Waals surface area contributed by atoms with Crippen LogP contribution in [0.1, 0.15) is 12.5 Å². The van der Waals surface area contributed by atoms with Gasteiger partial charge in [0, 0.05) is 0 Å². The van der Waals surface area contributed by atoms with E-state index in [9.17, 15) is 19.7 Å². The number of hydrogen-bond donors (Lipinski definition) is 6. The molecule has 20 nitrogen and oxygen atoms in total. The van der Waals surface area contributed by atoms with Crippen LogP contribution in [0.25, 0.3) is 22.3 Å². The molecular formula is C20H24N10O10P2S2. The van der Waals surface area contributed by atoms with Crippen LogP contribution < -0.4 is 11.5 Å². The summed E-state index contributed by atoms with van der Waals surface area (Å²) in [4.78, 5) is 35.6. The number of aliphatic hydroxyl groups is 2. The largest absolute Gasteiger partial charge is 0.387 e. The Morgan fingerprint density at radius 2 is 1.39 bits per heavy atom. The molecule has 10 atom stereocenters. The molecule has 2 unspecified atom stereocenters. The first-order valence-corrected chi connectivity index (χ1v) is 18.1. The minimum atomic E-state index is -4.27. The van der Waals surface area contributed by atoms with Crippen LogP contribution in [0.4, 0.5) is 11.6 Å². The van der Waals surface area contributed by atoms with Crippen molar-refractivity contribution in [1.82, 2.24) is 39.0 Å². The van der Waals surface area contributed by atoms with Crippen LogP contribution in [0.15, 0.2) is 25.3 Å². The first-order valence-electron chi connectivity index (χ1n) is 12.8. The molecule has 0 spiro atoms. The second kappa shape index (κ2) is 11.1. The smallest absolute Gasteiger partial charge is 0.386 e. The highest BCUT2D eigenvalue weighted by atomic mass is 32.7. The molecule has 0 saturated carbocycles. The third kappa shape index (κ3) is 5.28. The first kappa shape index (κ1) is 30.2. The van der Waals surface area contributed by atoms with Crippen LogP contribution >= 0.6 is 25.8 Å². The molecule has 7 N–H and O–H groups in total. The molecule has 3 saturated heterocycles. The van der Waals surface area contributed by atoms with Crippen molar-refractivity contribution < 1.29 is 47.2 Å². The van der Waals surface area contributed by atoms with E-state index in [4.69, 9.17) is 50.8 Å². The van der Waals surface area contributed by atoms with Gasteiger partial charge < -0.3 is 40.6 Å². The highest BCUT2D eigenvalue weighted by Gasteiger charge is 2.53. The molecule has 4 aromatic heterocycles. The topological polar surface area (TPSA) is 272 Å². The summed E-state index contributed by atoms with van der Waals surface area (Å²) in [6.45, 7) is -9.48. The van der Waals surface area contributed by atoms with Gasteiger partial charge in [-0.15, -0.1) is 0 Å². The SMILES string of the molecule is Nc1ncnc2c1ncn2[C@@H]1O[C@@H]2COP(O)(=S)O[C@@H]3[C@H](O)[C@@H](COP(=O)(S)O[C@H]2[C@H]1O)O[C@@H]3n1cnc2c(N)ncnc21. The van der Waals surface area contributed by atoms with Crippen molar-refractivity contribution >= 4 is 71.5 Å². The lowest BCUT2D eigenvalue weighted by molar-refractivity contribution is -0.0594. The second-order valence-electron chi connectivity index (χ2n) is 9.95. The van der Waals surface area contributed by atoms with Crippen molar-refractivity contribution in [2.45, 2.75) is 49.1 Å². The molecule has 0 aliphatic carbocycles. The number of thiol groups is 1. The second-order valence-corrected chi connectivity index (χ2v) is 15.6. The summed E-state index contributed by atoms with van der Waals surface area (Å²) in [7, 11) is 0. The molecule has 3 fully saturated rings. The highest BCUT2D eigenvalue weighted by molar-refractivity contribution is 8.44. The minimum Gasteiger partial charge on any atom is -0.387 e. The fraction of sp³-hybridized carbons (Fsp3) is 0.500. The van der Waals surface area contributed by atoms with Crippen molar-refractivity contribution in [2.24, 2.45) is 0 Å². The van der Waals surface area contributed by atoms with Gasteiger partial charge in [-0.25, -0.2) is 34.5 Å². The fourth-order valence-corrected chi connectivity index (χ4v) is 8.13. The molecule has 3 aliphatic rings. The molecule has 2 bridgehead atoms. The maximum Gasteiger partial charge on any atom is 0.386 e. The summed E-state index contributed by atoms with van der Waals surface area (Å²) in [6.07, 6.45) is -5.39. The van der Waals surface area contributed by atoms with E-state index in [2.05, 4.69) is 42.2 Å². The number of nitrogens with two attached hydrogens (primary N) is 2. The normalized spacial score (nSPS) is 38.3. The van der Waals surface area contributed by atoms with Crippen LogP contribution in [0.5, 0.6) is 0 Å². The Hall–Kier alpha value is -2.43. The van der Waals surface area contributed by atoms with Crippen LogP contribution in [-0.2, 0) is 43.9 Å². The Morgan fingerprint density at radius 1 is 0.818 bits per heavy atom. The van der Waals surface area contributed by atoms with Gasteiger partial charge >= 0.3 is 13.5 Å². The fourth-order valence-electron chi connectivity index (χ4n) is 5.22. The van der Waals surface area contributed by atoms with Gasteiger partial charge in [-0.1, -0.05) is 12.2 Å².